The first-order chi connectivity index (χ1) is 23.3. The van der Waals surface area contributed by atoms with Crippen molar-refractivity contribution in [3.05, 3.63) is 155 Å². The van der Waals surface area contributed by atoms with Crippen molar-refractivity contribution in [3.63, 3.8) is 0 Å². The van der Waals surface area contributed by atoms with Gasteiger partial charge in [0.15, 0.2) is 4.80 Å². The molecule has 240 valence electrons. The van der Waals surface area contributed by atoms with Crippen molar-refractivity contribution in [3.8, 4) is 11.4 Å². The van der Waals surface area contributed by atoms with Crippen LogP contribution in [0.15, 0.2) is 112 Å². The highest BCUT2D eigenvalue weighted by atomic mass is 35.5. The van der Waals surface area contributed by atoms with Crippen molar-refractivity contribution < 1.29 is 14.3 Å². The molecule has 0 amide bonds. The van der Waals surface area contributed by atoms with Crippen LogP contribution in [-0.2, 0) is 9.53 Å². The number of nitrogens with zero attached hydrogens (tertiary/aromatic N) is 3. The summed E-state index contributed by atoms with van der Waals surface area (Å²) in [5.41, 5.74) is 5.78. The third-order valence-electron chi connectivity index (χ3n) is 8.64. The Balaban J connectivity index is 1.54. The van der Waals surface area contributed by atoms with Gasteiger partial charge in [0.25, 0.3) is 5.56 Å². The highest BCUT2D eigenvalue weighted by Gasteiger charge is 2.37. The summed E-state index contributed by atoms with van der Waals surface area (Å²) in [7, 11) is 1.60. The molecule has 0 fully saturated rings. The number of benzene rings is 4. The molecular weight excluding hydrogens is 642 g/mol. The fraction of sp³-hybridized carbons (Fsp3) is 0.154. The number of methoxy groups -OCH3 is 1. The summed E-state index contributed by atoms with van der Waals surface area (Å²) >= 11 is 7.46. The molecule has 48 heavy (non-hydrogen) atoms. The maximum absolute atomic E-state index is 14.7. The summed E-state index contributed by atoms with van der Waals surface area (Å²) in [6.07, 6.45) is 1.91. The molecule has 6 aromatic rings. The predicted molar refractivity (Wildman–Crippen MR) is 192 cm³/mol. The van der Waals surface area contributed by atoms with Gasteiger partial charge in [-0.05, 0) is 79.6 Å². The van der Waals surface area contributed by atoms with Crippen LogP contribution in [0.5, 0.6) is 5.75 Å². The first-order valence-electron chi connectivity index (χ1n) is 15.6. The average molecular weight is 674 g/mol. The van der Waals surface area contributed by atoms with Gasteiger partial charge in [-0.2, -0.15) is 0 Å². The Labute approximate surface area is 286 Å². The quantitative estimate of drug-likeness (QED) is 0.169. The molecule has 1 atom stereocenters. The largest absolute Gasteiger partial charge is 0.496 e. The van der Waals surface area contributed by atoms with Crippen LogP contribution in [0.25, 0.3) is 28.2 Å². The third kappa shape index (κ3) is 5.37. The lowest BCUT2D eigenvalue weighted by Crippen LogP contribution is -2.40. The van der Waals surface area contributed by atoms with E-state index in [1.54, 1.807) is 18.6 Å². The Morgan fingerprint density at radius 2 is 1.71 bits per heavy atom. The molecule has 0 spiro atoms. The smallest absolute Gasteiger partial charge is 0.338 e. The van der Waals surface area contributed by atoms with Crippen LogP contribution in [0.1, 0.15) is 41.0 Å². The van der Waals surface area contributed by atoms with Crippen molar-refractivity contribution >= 4 is 51.5 Å². The monoisotopic (exact) mass is 673 g/mol. The molecule has 1 aliphatic heterocycles. The minimum atomic E-state index is -0.875. The van der Waals surface area contributed by atoms with Gasteiger partial charge in [-0.3, -0.25) is 9.36 Å². The molecule has 0 bridgehead atoms. The van der Waals surface area contributed by atoms with Crippen LogP contribution < -0.4 is 19.6 Å². The van der Waals surface area contributed by atoms with Gasteiger partial charge in [0.2, 0.25) is 0 Å². The van der Waals surface area contributed by atoms with E-state index in [-0.39, 0.29) is 17.7 Å². The Hall–Kier alpha value is -5.18. The maximum atomic E-state index is 14.7. The van der Waals surface area contributed by atoms with Gasteiger partial charge >= 0.3 is 5.97 Å². The van der Waals surface area contributed by atoms with Gasteiger partial charge in [0, 0.05) is 33.2 Å². The summed E-state index contributed by atoms with van der Waals surface area (Å²) < 4.78 is 15.9. The molecule has 0 saturated heterocycles. The minimum absolute atomic E-state index is 0.164. The predicted octanol–water partition coefficient (Wildman–Crippen LogP) is 7.16. The molecule has 7 nitrogen and oxygen atoms in total. The summed E-state index contributed by atoms with van der Waals surface area (Å²) in [5, 5.41) is 2.47. The number of aromatic nitrogens is 2. The van der Waals surface area contributed by atoms with E-state index in [2.05, 4.69) is 10.6 Å². The molecule has 9 heteroatoms. The molecule has 3 heterocycles. The lowest BCUT2D eigenvalue weighted by atomic mass is 9.89. The second kappa shape index (κ2) is 12.8. The topological polar surface area (TPSA) is 74.8 Å². The molecular formula is C39H32ClN3O4S. The standard InChI is InChI=1S/C39H32ClN3O4S/c1-5-47-38(45)34-35(26-12-7-6-8-13-26)41-39-43(36(34)33-30-14-10-9-11-25(30)15-20-31(33)46-4)37(44)32(48-39)22-27-21-23(2)42(24(27)3)29-18-16-28(40)17-19-29/h6-22,36H,5H2,1-4H3/t36-/m0/s1. The Bertz CT molecular complexity index is 2420. The molecule has 0 unspecified atom stereocenters. The number of halogens is 1. The van der Waals surface area contributed by atoms with Crippen LogP contribution >= 0.6 is 22.9 Å². The van der Waals surface area contributed by atoms with Crippen LogP contribution in [-0.4, -0.2) is 28.8 Å². The zero-order chi connectivity index (χ0) is 33.5. The zero-order valence-corrected chi connectivity index (χ0v) is 28.4. The highest BCUT2D eigenvalue weighted by Crippen LogP contribution is 2.42. The van der Waals surface area contributed by atoms with E-state index in [9.17, 15) is 9.59 Å². The fourth-order valence-electron chi connectivity index (χ4n) is 6.51. The number of esters is 1. The van der Waals surface area contributed by atoms with Crippen molar-refractivity contribution in [2.45, 2.75) is 26.8 Å². The van der Waals surface area contributed by atoms with Crippen LogP contribution in [0, 0.1) is 13.8 Å². The Morgan fingerprint density at radius 3 is 2.44 bits per heavy atom. The van der Waals surface area contributed by atoms with Crippen molar-refractivity contribution in [1.29, 1.82) is 0 Å². The van der Waals surface area contributed by atoms with E-state index in [0.29, 0.717) is 31.4 Å². The first kappa shape index (κ1) is 31.4. The summed E-state index contributed by atoms with van der Waals surface area (Å²) in [4.78, 5) is 34.2. The van der Waals surface area contributed by atoms with E-state index in [0.717, 1.165) is 39.0 Å². The van der Waals surface area contributed by atoms with Crippen molar-refractivity contribution in [2.24, 2.45) is 4.99 Å². The van der Waals surface area contributed by atoms with Gasteiger partial charge in [0.1, 0.15) is 11.8 Å². The molecule has 2 aromatic heterocycles. The molecule has 7 rings (SSSR count). The maximum Gasteiger partial charge on any atom is 0.338 e. The average Bonchev–Trinajstić information content (AvgIpc) is 3.57. The van der Waals surface area contributed by atoms with Crippen LogP contribution in [0.2, 0.25) is 5.02 Å². The third-order valence-corrected chi connectivity index (χ3v) is 9.87. The highest BCUT2D eigenvalue weighted by molar-refractivity contribution is 7.07. The number of carbonyl (C=O) groups is 1. The minimum Gasteiger partial charge on any atom is -0.496 e. The van der Waals surface area contributed by atoms with E-state index in [4.69, 9.17) is 26.1 Å². The summed E-state index contributed by atoms with van der Waals surface area (Å²) in [6, 6.07) is 30.1. The Morgan fingerprint density at radius 1 is 0.979 bits per heavy atom. The van der Waals surface area contributed by atoms with Gasteiger partial charge < -0.3 is 14.0 Å². The van der Waals surface area contributed by atoms with E-state index in [1.165, 1.54) is 11.3 Å². The summed E-state index contributed by atoms with van der Waals surface area (Å²) in [6.45, 7) is 5.99. The zero-order valence-electron chi connectivity index (χ0n) is 26.9. The second-order valence-electron chi connectivity index (χ2n) is 11.5. The lowest BCUT2D eigenvalue weighted by Gasteiger charge is -2.28. The van der Waals surface area contributed by atoms with Gasteiger partial charge in [-0.25, -0.2) is 9.79 Å². The van der Waals surface area contributed by atoms with E-state index >= 15 is 0 Å². The molecule has 0 radical (unpaired) electrons. The molecule has 4 aromatic carbocycles. The lowest BCUT2D eigenvalue weighted by molar-refractivity contribution is -0.138. The fourth-order valence-corrected chi connectivity index (χ4v) is 7.63. The van der Waals surface area contributed by atoms with Crippen molar-refractivity contribution in [2.75, 3.05) is 13.7 Å². The SMILES string of the molecule is CCOC(=O)C1=C(c2ccccc2)N=c2sc(=Cc3cc(C)n(-c4ccc(Cl)cc4)c3C)c(=O)n2[C@H]1c1c(OC)ccc2ccccc12. The number of hydrogen-bond acceptors (Lipinski definition) is 6. The number of aryl methyl sites for hydroxylation is 1. The molecule has 0 aliphatic carbocycles. The van der Waals surface area contributed by atoms with E-state index in [1.807, 2.05) is 111 Å². The normalized spacial score (nSPS) is 14.6. The first-order valence-corrected chi connectivity index (χ1v) is 16.8. The molecule has 1 aliphatic rings. The molecule has 0 saturated carbocycles. The number of rotatable bonds is 7. The van der Waals surface area contributed by atoms with Gasteiger partial charge in [-0.1, -0.05) is 83.6 Å². The summed E-state index contributed by atoms with van der Waals surface area (Å²) in [5.74, 6) is 0.0109. The number of carbonyl (C=O) groups excluding carboxylic acids is 1. The van der Waals surface area contributed by atoms with E-state index < -0.39 is 12.0 Å². The van der Waals surface area contributed by atoms with Crippen LogP contribution in [0.4, 0.5) is 0 Å². The second-order valence-corrected chi connectivity index (χ2v) is 12.9. The number of ether oxygens (including phenoxy) is 2. The molecule has 0 N–H and O–H groups in total. The Kier molecular flexibility index (Phi) is 8.37. The van der Waals surface area contributed by atoms with Crippen molar-refractivity contribution in [1.82, 2.24) is 9.13 Å². The number of fused-ring (bicyclic) bond motifs is 2. The van der Waals surface area contributed by atoms with Gasteiger partial charge in [0.05, 0.1) is 29.5 Å². The van der Waals surface area contributed by atoms with Gasteiger partial charge in [-0.15, -0.1) is 0 Å². The number of thiazole rings is 1. The number of hydrogen-bond donors (Lipinski definition) is 0. The van der Waals surface area contributed by atoms with Crippen LogP contribution in [0.3, 0.4) is 0 Å².